The van der Waals surface area contributed by atoms with Crippen LogP contribution in [0.25, 0.3) is 0 Å². The molecule has 2 heterocycles. The van der Waals surface area contributed by atoms with Crippen molar-refractivity contribution in [2.75, 3.05) is 18.4 Å². The van der Waals surface area contributed by atoms with Crippen molar-refractivity contribution in [3.8, 4) is 0 Å². The predicted octanol–water partition coefficient (Wildman–Crippen LogP) is 2.45. The normalized spacial score (nSPS) is 26.4. The number of piperidine rings is 1. The number of anilines is 1. The highest BCUT2D eigenvalue weighted by Gasteiger charge is 2.32. The molecule has 1 aromatic heterocycles. The molecule has 0 aromatic carbocycles. The van der Waals surface area contributed by atoms with Crippen molar-refractivity contribution in [2.24, 2.45) is 0 Å². The molecule has 0 unspecified atom stereocenters. The fourth-order valence-corrected chi connectivity index (χ4v) is 3.55. The highest BCUT2D eigenvalue weighted by molar-refractivity contribution is 7.09. The van der Waals surface area contributed by atoms with Gasteiger partial charge in [0.2, 0.25) is 5.13 Å². The Morgan fingerprint density at radius 3 is 2.50 bits per heavy atom. The molecule has 0 bridgehead atoms. The molecule has 1 aromatic rings. The molecule has 2 saturated carbocycles. The van der Waals surface area contributed by atoms with Crippen LogP contribution in [-0.2, 0) is 0 Å². The molecule has 4 nitrogen and oxygen atoms in total. The largest absolute Gasteiger partial charge is 0.357 e. The van der Waals surface area contributed by atoms with E-state index in [0.29, 0.717) is 12.0 Å². The van der Waals surface area contributed by atoms with Crippen molar-refractivity contribution in [2.45, 2.75) is 56.5 Å². The fraction of sp³-hybridized carbons (Fsp3) is 0.846. The van der Waals surface area contributed by atoms with Gasteiger partial charge < -0.3 is 10.2 Å². The van der Waals surface area contributed by atoms with Gasteiger partial charge in [-0.15, -0.1) is 0 Å². The third kappa shape index (κ3) is 2.38. The Labute approximate surface area is 112 Å². The molecular weight excluding hydrogens is 244 g/mol. The highest BCUT2D eigenvalue weighted by Crippen LogP contribution is 2.39. The smallest absolute Gasteiger partial charge is 0.202 e. The molecule has 98 valence electrons. The Morgan fingerprint density at radius 1 is 1.06 bits per heavy atom. The second kappa shape index (κ2) is 4.46. The Bertz CT molecular complexity index is 416. The van der Waals surface area contributed by atoms with Crippen LogP contribution >= 0.6 is 11.5 Å². The van der Waals surface area contributed by atoms with E-state index < -0.39 is 0 Å². The summed E-state index contributed by atoms with van der Waals surface area (Å²) in [6, 6.07) is 1.54. The summed E-state index contributed by atoms with van der Waals surface area (Å²) in [5.74, 6) is 1.76. The van der Waals surface area contributed by atoms with Gasteiger partial charge in [-0.3, -0.25) is 0 Å². The van der Waals surface area contributed by atoms with E-state index in [9.17, 15) is 0 Å². The topological polar surface area (TPSA) is 41.0 Å². The zero-order valence-electron chi connectivity index (χ0n) is 10.6. The van der Waals surface area contributed by atoms with E-state index in [1.807, 2.05) is 0 Å². The van der Waals surface area contributed by atoms with E-state index in [1.54, 1.807) is 11.5 Å². The average Bonchev–Trinajstić information content (AvgIpc) is 3.30. The van der Waals surface area contributed by atoms with Gasteiger partial charge in [0.15, 0.2) is 0 Å². The lowest BCUT2D eigenvalue weighted by atomic mass is 10.1. The number of nitrogens with zero attached hydrogens (tertiary/aromatic N) is 3. The summed E-state index contributed by atoms with van der Waals surface area (Å²) >= 11 is 1.55. The van der Waals surface area contributed by atoms with E-state index in [-0.39, 0.29) is 0 Å². The van der Waals surface area contributed by atoms with Gasteiger partial charge in [-0.2, -0.15) is 4.37 Å². The van der Waals surface area contributed by atoms with Crippen molar-refractivity contribution in [1.82, 2.24) is 14.3 Å². The maximum Gasteiger partial charge on any atom is 0.202 e. The lowest BCUT2D eigenvalue weighted by molar-refractivity contribution is 0.210. The number of aromatic nitrogens is 2. The van der Waals surface area contributed by atoms with Crippen molar-refractivity contribution in [3.05, 3.63) is 5.82 Å². The molecule has 0 atom stereocenters. The van der Waals surface area contributed by atoms with Gasteiger partial charge in [-0.05, 0) is 38.5 Å². The van der Waals surface area contributed by atoms with Crippen molar-refractivity contribution in [3.63, 3.8) is 0 Å². The molecule has 3 aliphatic rings. The summed E-state index contributed by atoms with van der Waals surface area (Å²) in [5, 5.41) is 4.63. The third-order valence-electron chi connectivity index (χ3n) is 4.30. The number of rotatable bonds is 4. The van der Waals surface area contributed by atoms with Crippen LogP contribution in [0.4, 0.5) is 5.13 Å². The van der Waals surface area contributed by atoms with Gasteiger partial charge in [0.05, 0.1) is 0 Å². The monoisotopic (exact) mass is 264 g/mol. The summed E-state index contributed by atoms with van der Waals surface area (Å²) in [4.78, 5) is 7.28. The van der Waals surface area contributed by atoms with E-state index in [2.05, 4.69) is 19.6 Å². The Kier molecular flexibility index (Phi) is 2.77. The second-order valence-electron chi connectivity index (χ2n) is 5.92. The Balaban J connectivity index is 1.31. The first-order valence-electron chi connectivity index (χ1n) is 7.23. The summed E-state index contributed by atoms with van der Waals surface area (Å²) in [6.07, 6.45) is 7.95. The molecule has 2 aliphatic carbocycles. The van der Waals surface area contributed by atoms with Crippen LogP contribution in [0.1, 0.15) is 50.3 Å². The van der Waals surface area contributed by atoms with Gasteiger partial charge in [0.25, 0.3) is 0 Å². The van der Waals surface area contributed by atoms with Crippen LogP contribution in [0.3, 0.4) is 0 Å². The molecule has 0 radical (unpaired) electrons. The van der Waals surface area contributed by atoms with Gasteiger partial charge in [0.1, 0.15) is 5.82 Å². The maximum absolute atomic E-state index is 4.62. The molecule has 0 spiro atoms. The van der Waals surface area contributed by atoms with Crippen molar-refractivity contribution in [1.29, 1.82) is 0 Å². The minimum atomic E-state index is 0.611. The maximum atomic E-state index is 4.62. The molecule has 0 amide bonds. The first kappa shape index (κ1) is 11.2. The fourth-order valence-electron chi connectivity index (χ4n) is 2.82. The molecule has 1 N–H and O–H groups in total. The zero-order valence-corrected chi connectivity index (χ0v) is 11.5. The van der Waals surface area contributed by atoms with Crippen LogP contribution in [0, 0.1) is 0 Å². The molecular formula is C13H20N4S. The van der Waals surface area contributed by atoms with Crippen LogP contribution < -0.4 is 5.32 Å². The lowest BCUT2D eigenvalue weighted by Crippen LogP contribution is -2.40. The van der Waals surface area contributed by atoms with Crippen LogP contribution in [-0.4, -0.2) is 39.4 Å². The van der Waals surface area contributed by atoms with Crippen LogP contribution in [0.5, 0.6) is 0 Å². The average molecular weight is 264 g/mol. The zero-order chi connectivity index (χ0) is 11.9. The second-order valence-corrected chi connectivity index (χ2v) is 6.67. The Morgan fingerprint density at radius 2 is 1.83 bits per heavy atom. The molecule has 1 aliphatic heterocycles. The van der Waals surface area contributed by atoms with E-state index >= 15 is 0 Å². The lowest BCUT2D eigenvalue weighted by Gasteiger charge is -2.32. The predicted molar refractivity (Wildman–Crippen MR) is 73.1 cm³/mol. The summed E-state index contributed by atoms with van der Waals surface area (Å²) in [5.41, 5.74) is 0. The molecule has 3 fully saturated rings. The number of nitrogens with one attached hydrogen (secondary N) is 1. The molecule has 1 saturated heterocycles. The summed E-state index contributed by atoms with van der Waals surface area (Å²) in [7, 11) is 0. The minimum Gasteiger partial charge on any atom is -0.357 e. The van der Waals surface area contributed by atoms with Crippen molar-refractivity contribution >= 4 is 16.7 Å². The van der Waals surface area contributed by atoms with E-state index in [1.165, 1.54) is 51.6 Å². The van der Waals surface area contributed by atoms with Gasteiger partial charge in [0, 0.05) is 42.6 Å². The Hall–Kier alpha value is -0.680. The van der Waals surface area contributed by atoms with E-state index in [4.69, 9.17) is 0 Å². The molecule has 5 heteroatoms. The summed E-state index contributed by atoms with van der Waals surface area (Å²) < 4.78 is 4.45. The molecule has 18 heavy (non-hydrogen) atoms. The van der Waals surface area contributed by atoms with Crippen molar-refractivity contribution < 1.29 is 0 Å². The third-order valence-corrected chi connectivity index (χ3v) is 4.97. The SMILES string of the molecule is C1CN(C2CC2)CCC1Nc1nc(C2CC2)ns1. The van der Waals surface area contributed by atoms with Gasteiger partial charge in [-0.25, -0.2) is 4.98 Å². The highest BCUT2D eigenvalue weighted by atomic mass is 32.1. The first-order chi connectivity index (χ1) is 8.88. The van der Waals surface area contributed by atoms with Crippen LogP contribution in [0.2, 0.25) is 0 Å². The van der Waals surface area contributed by atoms with Gasteiger partial charge in [-0.1, -0.05) is 0 Å². The minimum absolute atomic E-state index is 0.611. The number of hydrogen-bond donors (Lipinski definition) is 1. The van der Waals surface area contributed by atoms with E-state index in [0.717, 1.165) is 17.0 Å². The molecule has 4 rings (SSSR count). The van der Waals surface area contributed by atoms with Crippen LogP contribution in [0.15, 0.2) is 0 Å². The van der Waals surface area contributed by atoms with Gasteiger partial charge >= 0.3 is 0 Å². The first-order valence-corrected chi connectivity index (χ1v) is 8.00. The quantitative estimate of drug-likeness (QED) is 0.907. The number of likely N-dealkylation sites (tertiary alicyclic amines) is 1. The number of hydrogen-bond acceptors (Lipinski definition) is 5. The summed E-state index contributed by atoms with van der Waals surface area (Å²) in [6.45, 7) is 2.52. The standard InChI is InChI=1S/C13H20N4S/c1-2-9(1)12-15-13(18-16-12)14-10-5-7-17(8-6-10)11-3-4-11/h9-11H,1-8H2,(H,14,15,16).